The Bertz CT molecular complexity index is 672. The lowest BCUT2D eigenvalue weighted by Crippen LogP contribution is -2.58. The van der Waals surface area contributed by atoms with Crippen molar-refractivity contribution in [3.8, 4) is 0 Å². The summed E-state index contributed by atoms with van der Waals surface area (Å²) in [6, 6.07) is -4.62. The van der Waals surface area contributed by atoms with Crippen LogP contribution in [0.4, 0.5) is 0 Å². The molecule has 0 aliphatic carbocycles. The third kappa shape index (κ3) is 11.3. The molecule has 3 amide bonds. The molecule has 0 spiro atoms. The zero-order valence-corrected chi connectivity index (χ0v) is 20.0. The molecule has 0 fully saturated rings. The number of carboxylic acids is 2. The van der Waals surface area contributed by atoms with E-state index in [2.05, 4.69) is 16.0 Å². The Kier molecular flexibility index (Phi) is 13.6. The standard InChI is InChI=1S/C20H36N4O7S/c1-10(2)8-13(22-17(27)12(21)6-7-32-5)18(28)23-14(9-15(25)26)19(29)24-16(11(3)4)20(30)31/h10-14,16H,6-9,21H2,1-5H3,(H,22,27)(H,23,28)(H,24,29)(H,25,26)(H,30,31). The number of rotatable bonds is 15. The van der Waals surface area contributed by atoms with Crippen molar-refractivity contribution in [2.45, 2.75) is 71.1 Å². The largest absolute Gasteiger partial charge is 0.481 e. The third-order valence-corrected chi connectivity index (χ3v) is 5.20. The van der Waals surface area contributed by atoms with E-state index in [1.807, 2.05) is 20.1 Å². The van der Waals surface area contributed by atoms with E-state index in [0.29, 0.717) is 12.2 Å². The molecule has 0 aliphatic heterocycles. The van der Waals surface area contributed by atoms with Crippen molar-refractivity contribution < 1.29 is 34.2 Å². The lowest BCUT2D eigenvalue weighted by Gasteiger charge is -2.26. The highest BCUT2D eigenvalue weighted by atomic mass is 32.2. The van der Waals surface area contributed by atoms with Crippen LogP contribution >= 0.6 is 11.8 Å². The minimum absolute atomic E-state index is 0.00226. The molecule has 12 heteroatoms. The number of thioether (sulfide) groups is 1. The van der Waals surface area contributed by atoms with E-state index in [1.54, 1.807) is 13.8 Å². The van der Waals surface area contributed by atoms with Crippen LogP contribution in [0, 0.1) is 11.8 Å². The van der Waals surface area contributed by atoms with E-state index >= 15 is 0 Å². The summed E-state index contributed by atoms with van der Waals surface area (Å²) in [6.07, 6.45) is 1.77. The summed E-state index contributed by atoms with van der Waals surface area (Å²) in [4.78, 5) is 60.4. The summed E-state index contributed by atoms with van der Waals surface area (Å²) in [5, 5.41) is 25.6. The molecule has 0 bridgehead atoms. The van der Waals surface area contributed by atoms with Gasteiger partial charge in [0.25, 0.3) is 0 Å². The SMILES string of the molecule is CSCCC(N)C(=O)NC(CC(C)C)C(=O)NC(CC(=O)O)C(=O)NC(C(=O)O)C(C)C. The Morgan fingerprint density at radius 3 is 1.84 bits per heavy atom. The van der Waals surface area contributed by atoms with Gasteiger partial charge in [0.15, 0.2) is 0 Å². The van der Waals surface area contributed by atoms with E-state index in [-0.39, 0.29) is 12.3 Å². The van der Waals surface area contributed by atoms with Gasteiger partial charge < -0.3 is 31.9 Å². The molecule has 0 radical (unpaired) electrons. The van der Waals surface area contributed by atoms with Crippen LogP contribution < -0.4 is 21.7 Å². The van der Waals surface area contributed by atoms with Crippen LogP contribution in [0.1, 0.15) is 47.0 Å². The van der Waals surface area contributed by atoms with Gasteiger partial charge in [-0.1, -0.05) is 27.7 Å². The Balaban J connectivity index is 5.47. The molecule has 0 aromatic rings. The van der Waals surface area contributed by atoms with Gasteiger partial charge in [-0.3, -0.25) is 19.2 Å². The van der Waals surface area contributed by atoms with Gasteiger partial charge in [-0.25, -0.2) is 4.79 Å². The summed E-state index contributed by atoms with van der Waals surface area (Å²) < 4.78 is 0. The van der Waals surface area contributed by atoms with Gasteiger partial charge in [-0.2, -0.15) is 11.8 Å². The second kappa shape index (κ2) is 14.7. The fraction of sp³-hybridized carbons (Fsp3) is 0.750. The van der Waals surface area contributed by atoms with Crippen molar-refractivity contribution in [3.05, 3.63) is 0 Å². The van der Waals surface area contributed by atoms with Crippen LogP contribution in [0.25, 0.3) is 0 Å². The number of carboxylic acid groups (broad SMARTS) is 2. The molecule has 0 aromatic carbocycles. The monoisotopic (exact) mass is 476 g/mol. The first-order valence-corrected chi connectivity index (χ1v) is 11.8. The second-order valence-corrected chi connectivity index (χ2v) is 9.29. The van der Waals surface area contributed by atoms with Crippen LogP contribution in [0.15, 0.2) is 0 Å². The Morgan fingerprint density at radius 1 is 0.875 bits per heavy atom. The smallest absolute Gasteiger partial charge is 0.326 e. The first-order valence-electron chi connectivity index (χ1n) is 10.4. The first-order chi connectivity index (χ1) is 14.8. The third-order valence-electron chi connectivity index (χ3n) is 4.55. The molecule has 0 rings (SSSR count). The summed E-state index contributed by atoms with van der Waals surface area (Å²) in [6.45, 7) is 6.83. The molecule has 7 N–H and O–H groups in total. The van der Waals surface area contributed by atoms with E-state index in [9.17, 15) is 29.1 Å². The number of carbonyl (C=O) groups is 5. The zero-order chi connectivity index (χ0) is 25.0. The molecular formula is C20H36N4O7S. The zero-order valence-electron chi connectivity index (χ0n) is 19.2. The van der Waals surface area contributed by atoms with Crippen LogP contribution in [0.2, 0.25) is 0 Å². The number of hydrogen-bond donors (Lipinski definition) is 6. The Hall–Kier alpha value is -2.34. The highest BCUT2D eigenvalue weighted by Gasteiger charge is 2.32. The molecular weight excluding hydrogens is 440 g/mol. The lowest BCUT2D eigenvalue weighted by molar-refractivity contribution is -0.144. The number of amides is 3. The van der Waals surface area contributed by atoms with Crippen LogP contribution in [-0.2, 0) is 24.0 Å². The van der Waals surface area contributed by atoms with Crippen molar-refractivity contribution in [1.29, 1.82) is 0 Å². The average Bonchev–Trinajstić information content (AvgIpc) is 2.67. The number of aliphatic carboxylic acids is 2. The quantitative estimate of drug-likeness (QED) is 0.186. The number of nitrogens with one attached hydrogen (secondary N) is 3. The van der Waals surface area contributed by atoms with Crippen LogP contribution in [0.3, 0.4) is 0 Å². The van der Waals surface area contributed by atoms with Gasteiger partial charge >= 0.3 is 11.9 Å². The number of carbonyl (C=O) groups excluding carboxylic acids is 3. The molecule has 32 heavy (non-hydrogen) atoms. The minimum atomic E-state index is -1.52. The van der Waals surface area contributed by atoms with Crippen molar-refractivity contribution in [2.24, 2.45) is 17.6 Å². The maximum Gasteiger partial charge on any atom is 0.326 e. The fourth-order valence-corrected chi connectivity index (χ4v) is 3.27. The topological polar surface area (TPSA) is 188 Å². The fourth-order valence-electron chi connectivity index (χ4n) is 2.78. The van der Waals surface area contributed by atoms with Gasteiger partial charge in [0.2, 0.25) is 17.7 Å². The summed E-state index contributed by atoms with van der Waals surface area (Å²) in [5.74, 6) is -4.65. The molecule has 4 unspecified atom stereocenters. The number of nitrogens with two attached hydrogens (primary N) is 1. The first kappa shape index (κ1) is 29.7. The van der Waals surface area contributed by atoms with Crippen molar-refractivity contribution in [3.63, 3.8) is 0 Å². The predicted octanol–water partition coefficient (Wildman–Crippen LogP) is -0.217. The van der Waals surface area contributed by atoms with Gasteiger partial charge in [-0.15, -0.1) is 0 Å². The summed E-state index contributed by atoms with van der Waals surface area (Å²) in [5.41, 5.74) is 5.85. The average molecular weight is 477 g/mol. The highest BCUT2D eigenvalue weighted by Crippen LogP contribution is 2.08. The lowest BCUT2D eigenvalue weighted by atomic mass is 10.0. The van der Waals surface area contributed by atoms with Crippen LogP contribution in [-0.4, -0.2) is 76.0 Å². The van der Waals surface area contributed by atoms with Crippen LogP contribution in [0.5, 0.6) is 0 Å². The van der Waals surface area contributed by atoms with E-state index < -0.39 is 66.2 Å². The molecule has 11 nitrogen and oxygen atoms in total. The normalized spacial score (nSPS) is 14.9. The highest BCUT2D eigenvalue weighted by molar-refractivity contribution is 7.98. The number of hydrogen-bond acceptors (Lipinski definition) is 7. The molecule has 0 saturated carbocycles. The molecule has 184 valence electrons. The summed E-state index contributed by atoms with van der Waals surface area (Å²) >= 11 is 1.53. The summed E-state index contributed by atoms with van der Waals surface area (Å²) in [7, 11) is 0. The molecule has 0 aromatic heterocycles. The molecule has 0 saturated heterocycles. The van der Waals surface area contributed by atoms with E-state index in [1.165, 1.54) is 11.8 Å². The predicted molar refractivity (Wildman–Crippen MR) is 121 cm³/mol. The van der Waals surface area contributed by atoms with Gasteiger partial charge in [0.1, 0.15) is 18.1 Å². The molecule has 4 atom stereocenters. The maximum absolute atomic E-state index is 12.8. The van der Waals surface area contributed by atoms with Gasteiger partial charge in [0.05, 0.1) is 12.5 Å². The van der Waals surface area contributed by atoms with E-state index in [4.69, 9.17) is 10.8 Å². The van der Waals surface area contributed by atoms with E-state index in [0.717, 1.165) is 0 Å². The van der Waals surface area contributed by atoms with Crippen molar-refractivity contribution in [2.75, 3.05) is 12.0 Å². The van der Waals surface area contributed by atoms with Crippen molar-refractivity contribution >= 4 is 41.4 Å². The Labute approximate surface area is 192 Å². The minimum Gasteiger partial charge on any atom is -0.481 e. The Morgan fingerprint density at radius 2 is 1.41 bits per heavy atom. The maximum atomic E-state index is 12.8. The van der Waals surface area contributed by atoms with Gasteiger partial charge in [-0.05, 0) is 36.7 Å². The second-order valence-electron chi connectivity index (χ2n) is 8.31. The van der Waals surface area contributed by atoms with Crippen molar-refractivity contribution in [1.82, 2.24) is 16.0 Å². The molecule has 0 aliphatic rings. The molecule has 0 heterocycles. The van der Waals surface area contributed by atoms with Gasteiger partial charge in [0, 0.05) is 0 Å².